The van der Waals surface area contributed by atoms with E-state index in [-0.39, 0.29) is 12.1 Å². The van der Waals surface area contributed by atoms with Crippen LogP contribution in [0.25, 0.3) is 10.9 Å². The molecule has 7 nitrogen and oxygen atoms in total. The quantitative estimate of drug-likeness (QED) is 0.744. The molecule has 8 heteroatoms. The van der Waals surface area contributed by atoms with Gasteiger partial charge in [-0.05, 0) is 58.6 Å². The number of ether oxygens (including phenoxy) is 1. The molecule has 0 spiro atoms. The molecule has 0 aliphatic carbocycles. The lowest BCUT2D eigenvalue weighted by Crippen LogP contribution is -2.42. The molecule has 2 fully saturated rings. The van der Waals surface area contributed by atoms with Gasteiger partial charge in [0.15, 0.2) is 0 Å². The summed E-state index contributed by atoms with van der Waals surface area (Å²) in [5.74, 6) is 0. The number of piperidine rings is 2. The number of nitrogens with two attached hydrogens (primary N) is 1. The SMILES string of the molecule is CC(C)(C)OC(=O)N1CCC(n2cc3cc(N)c(N4CCCC(F)C4)cc3n2)CC1. The molecule has 2 aliphatic heterocycles. The lowest BCUT2D eigenvalue weighted by atomic mass is 10.1. The van der Waals surface area contributed by atoms with E-state index in [1.54, 1.807) is 4.90 Å². The number of carbonyl (C=O) groups is 1. The molecule has 30 heavy (non-hydrogen) atoms. The molecule has 0 radical (unpaired) electrons. The third kappa shape index (κ3) is 4.47. The zero-order chi connectivity index (χ0) is 21.5. The number of anilines is 2. The van der Waals surface area contributed by atoms with Crippen molar-refractivity contribution in [1.29, 1.82) is 0 Å². The summed E-state index contributed by atoms with van der Waals surface area (Å²) >= 11 is 0. The van der Waals surface area contributed by atoms with E-state index in [2.05, 4.69) is 0 Å². The number of benzene rings is 1. The molecule has 4 rings (SSSR count). The Bertz CT molecular complexity index is 914. The fourth-order valence-electron chi connectivity index (χ4n) is 4.34. The predicted octanol–water partition coefficient (Wildman–Crippen LogP) is 4.13. The van der Waals surface area contributed by atoms with E-state index in [9.17, 15) is 9.18 Å². The van der Waals surface area contributed by atoms with E-state index in [0.29, 0.717) is 31.7 Å². The first-order valence-electron chi connectivity index (χ1n) is 10.8. The standard InChI is InChI=1S/C22H32FN5O2/c1-22(2,3)30-21(29)26-9-6-17(7-10-26)28-13-15-11-18(24)20(12-19(15)25-28)27-8-4-5-16(23)14-27/h11-13,16-17H,4-10,14,24H2,1-3H3. The van der Waals surface area contributed by atoms with Gasteiger partial charge in [-0.3, -0.25) is 4.68 Å². The Labute approximate surface area is 176 Å². The van der Waals surface area contributed by atoms with E-state index in [1.165, 1.54) is 0 Å². The molecular formula is C22H32FN5O2. The zero-order valence-electron chi connectivity index (χ0n) is 18.1. The van der Waals surface area contributed by atoms with Crippen LogP contribution < -0.4 is 10.6 Å². The van der Waals surface area contributed by atoms with Crippen molar-refractivity contribution in [2.24, 2.45) is 0 Å². The van der Waals surface area contributed by atoms with Gasteiger partial charge in [0.1, 0.15) is 11.8 Å². The average Bonchev–Trinajstić information content (AvgIpc) is 3.09. The third-order valence-corrected chi connectivity index (χ3v) is 5.87. The number of amides is 1. The first-order chi connectivity index (χ1) is 14.2. The fraction of sp³-hybridized carbons (Fsp3) is 0.636. The Morgan fingerprint density at radius 1 is 1.20 bits per heavy atom. The van der Waals surface area contributed by atoms with E-state index < -0.39 is 11.8 Å². The number of aromatic nitrogens is 2. The molecule has 1 amide bonds. The van der Waals surface area contributed by atoms with Crippen molar-refractivity contribution in [2.45, 2.75) is 64.3 Å². The molecule has 0 saturated carbocycles. The molecule has 1 atom stereocenters. The Kier molecular flexibility index (Phi) is 5.51. The zero-order valence-corrected chi connectivity index (χ0v) is 18.1. The van der Waals surface area contributed by atoms with Crippen molar-refractivity contribution < 1.29 is 13.9 Å². The summed E-state index contributed by atoms with van der Waals surface area (Å²) in [6, 6.07) is 4.15. The highest BCUT2D eigenvalue weighted by atomic mass is 19.1. The molecule has 2 aromatic rings. The van der Waals surface area contributed by atoms with Crippen LogP contribution in [0.3, 0.4) is 0 Å². The summed E-state index contributed by atoms with van der Waals surface area (Å²) in [6.07, 6.45) is 4.07. The van der Waals surface area contributed by atoms with Crippen molar-refractivity contribution in [1.82, 2.24) is 14.7 Å². The number of hydrogen-bond donors (Lipinski definition) is 1. The third-order valence-electron chi connectivity index (χ3n) is 5.87. The van der Waals surface area contributed by atoms with Crippen LogP contribution in [0, 0.1) is 0 Å². The van der Waals surface area contributed by atoms with Crippen LogP contribution >= 0.6 is 0 Å². The van der Waals surface area contributed by atoms with Gasteiger partial charge < -0.3 is 20.3 Å². The summed E-state index contributed by atoms with van der Waals surface area (Å²) in [6.45, 7) is 8.14. The van der Waals surface area contributed by atoms with Crippen LogP contribution in [0.5, 0.6) is 0 Å². The second kappa shape index (κ2) is 7.96. The molecule has 2 saturated heterocycles. The van der Waals surface area contributed by atoms with Gasteiger partial charge in [0, 0.05) is 37.8 Å². The maximum absolute atomic E-state index is 13.9. The van der Waals surface area contributed by atoms with Gasteiger partial charge in [0.05, 0.1) is 22.9 Å². The van der Waals surface area contributed by atoms with Crippen LogP contribution in [-0.2, 0) is 4.74 Å². The molecule has 1 unspecified atom stereocenters. The van der Waals surface area contributed by atoms with Crippen LogP contribution in [0.1, 0.15) is 52.5 Å². The highest BCUT2D eigenvalue weighted by Gasteiger charge is 2.28. The summed E-state index contributed by atoms with van der Waals surface area (Å²) in [5.41, 5.74) is 8.21. The average molecular weight is 418 g/mol. The van der Waals surface area contributed by atoms with Gasteiger partial charge in [-0.1, -0.05) is 0 Å². The number of carbonyl (C=O) groups excluding carboxylic acids is 1. The molecule has 164 valence electrons. The number of halogens is 1. The van der Waals surface area contributed by atoms with Crippen LogP contribution in [-0.4, -0.2) is 58.7 Å². The largest absolute Gasteiger partial charge is 0.444 e. The van der Waals surface area contributed by atoms with Crippen molar-refractivity contribution in [2.75, 3.05) is 36.8 Å². The lowest BCUT2D eigenvalue weighted by molar-refractivity contribution is 0.0185. The second-order valence-electron chi connectivity index (χ2n) is 9.46. The molecule has 1 aromatic heterocycles. The van der Waals surface area contributed by atoms with Gasteiger partial charge in [-0.25, -0.2) is 9.18 Å². The van der Waals surface area contributed by atoms with Crippen molar-refractivity contribution in [3.63, 3.8) is 0 Å². The molecule has 0 bridgehead atoms. The van der Waals surface area contributed by atoms with Crippen LogP contribution in [0.2, 0.25) is 0 Å². The number of alkyl halides is 1. The van der Waals surface area contributed by atoms with Crippen LogP contribution in [0.15, 0.2) is 18.3 Å². The number of hydrogen-bond acceptors (Lipinski definition) is 5. The molecule has 3 heterocycles. The van der Waals surface area contributed by atoms with Gasteiger partial charge in [0.2, 0.25) is 0 Å². The van der Waals surface area contributed by atoms with Gasteiger partial charge >= 0.3 is 6.09 Å². The maximum Gasteiger partial charge on any atom is 0.410 e. The summed E-state index contributed by atoms with van der Waals surface area (Å²) in [7, 11) is 0. The molecule has 2 N–H and O–H groups in total. The Balaban J connectivity index is 1.46. The van der Waals surface area contributed by atoms with E-state index >= 15 is 0 Å². The fourth-order valence-corrected chi connectivity index (χ4v) is 4.34. The molecule has 2 aliphatic rings. The van der Waals surface area contributed by atoms with Gasteiger partial charge in [-0.15, -0.1) is 0 Å². The minimum Gasteiger partial charge on any atom is -0.444 e. The number of fused-ring (bicyclic) bond motifs is 1. The Hall–Kier alpha value is -2.51. The number of rotatable bonds is 2. The molecule has 1 aromatic carbocycles. The number of likely N-dealkylation sites (tertiary alicyclic amines) is 1. The number of nitrogen functional groups attached to an aromatic ring is 1. The maximum atomic E-state index is 13.9. The normalized spacial score (nSPS) is 21.3. The lowest BCUT2D eigenvalue weighted by Gasteiger charge is -2.33. The minimum absolute atomic E-state index is 0.228. The smallest absolute Gasteiger partial charge is 0.410 e. The highest BCUT2D eigenvalue weighted by Crippen LogP contribution is 2.32. The van der Waals surface area contributed by atoms with Crippen LogP contribution in [0.4, 0.5) is 20.6 Å². The van der Waals surface area contributed by atoms with Crippen molar-refractivity contribution in [3.8, 4) is 0 Å². The minimum atomic E-state index is -0.804. The Morgan fingerprint density at radius 3 is 2.60 bits per heavy atom. The number of nitrogens with zero attached hydrogens (tertiary/aromatic N) is 4. The van der Waals surface area contributed by atoms with Gasteiger partial charge in [0.25, 0.3) is 0 Å². The van der Waals surface area contributed by atoms with Gasteiger partial charge in [-0.2, -0.15) is 5.10 Å². The summed E-state index contributed by atoms with van der Waals surface area (Å²) in [5, 5.41) is 5.77. The highest BCUT2D eigenvalue weighted by molar-refractivity contribution is 5.89. The molecular weight excluding hydrogens is 385 g/mol. The monoisotopic (exact) mass is 417 g/mol. The van der Waals surface area contributed by atoms with E-state index in [1.807, 2.05) is 48.7 Å². The first kappa shape index (κ1) is 20.8. The topological polar surface area (TPSA) is 76.6 Å². The second-order valence-corrected chi connectivity index (χ2v) is 9.46. The summed E-state index contributed by atoms with van der Waals surface area (Å²) in [4.78, 5) is 16.1. The van der Waals surface area contributed by atoms with E-state index in [0.717, 1.165) is 42.4 Å². The van der Waals surface area contributed by atoms with E-state index in [4.69, 9.17) is 15.6 Å². The van der Waals surface area contributed by atoms with Crippen molar-refractivity contribution >= 4 is 28.4 Å². The predicted molar refractivity (Wildman–Crippen MR) is 117 cm³/mol. The van der Waals surface area contributed by atoms with Crippen molar-refractivity contribution in [3.05, 3.63) is 18.3 Å². The summed E-state index contributed by atoms with van der Waals surface area (Å²) < 4.78 is 21.3. The first-order valence-corrected chi connectivity index (χ1v) is 10.8. The Morgan fingerprint density at radius 2 is 1.93 bits per heavy atom.